The van der Waals surface area contributed by atoms with Crippen LogP contribution in [0.5, 0.6) is 0 Å². The molecule has 154 valence electrons. The van der Waals surface area contributed by atoms with Gasteiger partial charge in [0.1, 0.15) is 0 Å². The highest BCUT2D eigenvalue weighted by Crippen LogP contribution is 2.23. The number of para-hydroxylation sites is 1. The zero-order chi connectivity index (χ0) is 19.9. The summed E-state index contributed by atoms with van der Waals surface area (Å²) in [6, 6.07) is 21.4. The van der Waals surface area contributed by atoms with E-state index in [1.165, 1.54) is 11.3 Å². The van der Waals surface area contributed by atoms with Gasteiger partial charge in [-0.15, -0.1) is 0 Å². The molecule has 0 radical (unpaired) electrons. The third-order valence-corrected chi connectivity index (χ3v) is 6.13. The quantitative estimate of drug-likeness (QED) is 0.791. The van der Waals surface area contributed by atoms with Crippen LogP contribution in [0, 0.1) is 5.92 Å². The molecule has 0 unspecified atom stereocenters. The summed E-state index contributed by atoms with van der Waals surface area (Å²) in [6.07, 6.45) is 3.17. The minimum atomic E-state index is -0.00956. The summed E-state index contributed by atoms with van der Waals surface area (Å²) in [5, 5.41) is 6.28. The van der Waals surface area contributed by atoms with E-state index in [1.807, 2.05) is 0 Å². The van der Waals surface area contributed by atoms with E-state index in [0.717, 1.165) is 58.5 Å². The molecule has 5 heteroatoms. The summed E-state index contributed by atoms with van der Waals surface area (Å²) in [6.45, 7) is 5.91. The second-order valence-electron chi connectivity index (χ2n) is 8.33. The Morgan fingerprint density at radius 3 is 2.31 bits per heavy atom. The van der Waals surface area contributed by atoms with E-state index in [9.17, 15) is 4.79 Å². The van der Waals surface area contributed by atoms with E-state index < -0.39 is 0 Å². The molecule has 2 aliphatic heterocycles. The molecule has 29 heavy (non-hydrogen) atoms. The Kier molecular flexibility index (Phi) is 6.67. The number of urea groups is 1. The molecule has 2 aromatic rings. The number of anilines is 1. The Bertz CT molecular complexity index is 759. The Morgan fingerprint density at radius 1 is 0.897 bits per heavy atom. The lowest BCUT2D eigenvalue weighted by atomic mass is 10.0. The van der Waals surface area contributed by atoms with Crippen LogP contribution in [0.25, 0.3) is 0 Å². The van der Waals surface area contributed by atoms with E-state index in [0.29, 0.717) is 5.92 Å². The molecule has 2 heterocycles. The number of hydrogen-bond acceptors (Lipinski definition) is 3. The number of carbonyl (C=O) groups is 1. The number of rotatable bonds is 6. The molecule has 0 aliphatic carbocycles. The number of nitrogens with zero attached hydrogens (tertiary/aromatic N) is 2. The molecule has 2 fully saturated rings. The molecule has 2 aliphatic rings. The molecule has 0 aromatic heterocycles. The maximum Gasteiger partial charge on any atom is 0.315 e. The summed E-state index contributed by atoms with van der Waals surface area (Å²) in [7, 11) is 0. The summed E-state index contributed by atoms with van der Waals surface area (Å²) >= 11 is 0. The van der Waals surface area contributed by atoms with E-state index >= 15 is 0 Å². The van der Waals surface area contributed by atoms with Crippen LogP contribution in [0.4, 0.5) is 10.5 Å². The molecule has 2 N–H and O–H groups in total. The zero-order valence-electron chi connectivity index (χ0n) is 17.1. The summed E-state index contributed by atoms with van der Waals surface area (Å²) in [5.74, 6) is 0.522. The fraction of sp³-hybridized carbons (Fsp3) is 0.458. The number of benzene rings is 2. The topological polar surface area (TPSA) is 47.6 Å². The standard InChI is InChI=1S/C24H32N4O/c29-24(25-17-21-11-16-28(19-21)23-9-5-2-6-10-23)26-22-12-14-27(15-13-22)18-20-7-3-1-4-8-20/h1-10,21-22H,11-19H2,(H2,25,26,29)/t21-/m1/s1. The Morgan fingerprint density at radius 2 is 1.59 bits per heavy atom. The van der Waals surface area contributed by atoms with Crippen LogP contribution in [0.3, 0.4) is 0 Å². The molecule has 2 saturated heterocycles. The second kappa shape index (κ2) is 9.79. The molecular formula is C24H32N4O. The van der Waals surface area contributed by atoms with Gasteiger partial charge in [0.2, 0.25) is 0 Å². The maximum absolute atomic E-state index is 12.3. The SMILES string of the molecule is O=C(NC[C@H]1CCN(c2ccccc2)C1)NC1CCN(Cc2ccccc2)CC1. The van der Waals surface area contributed by atoms with Gasteiger partial charge in [-0.05, 0) is 42.9 Å². The summed E-state index contributed by atoms with van der Waals surface area (Å²) in [5.41, 5.74) is 2.64. The molecule has 1 atom stereocenters. The van der Waals surface area contributed by atoms with Crippen molar-refractivity contribution in [3.8, 4) is 0 Å². The van der Waals surface area contributed by atoms with Crippen LogP contribution in [0.2, 0.25) is 0 Å². The summed E-state index contributed by atoms with van der Waals surface area (Å²) < 4.78 is 0. The van der Waals surface area contributed by atoms with Crippen molar-refractivity contribution in [2.75, 3.05) is 37.6 Å². The molecule has 0 saturated carbocycles. The minimum Gasteiger partial charge on any atom is -0.371 e. The van der Waals surface area contributed by atoms with E-state index in [-0.39, 0.29) is 12.1 Å². The van der Waals surface area contributed by atoms with Crippen molar-refractivity contribution in [1.29, 1.82) is 0 Å². The first-order valence-electron chi connectivity index (χ1n) is 10.9. The summed E-state index contributed by atoms with van der Waals surface area (Å²) in [4.78, 5) is 17.2. The Labute approximate surface area is 174 Å². The molecule has 2 amide bonds. The second-order valence-corrected chi connectivity index (χ2v) is 8.33. The average molecular weight is 393 g/mol. The van der Waals surface area contributed by atoms with Crippen molar-refractivity contribution in [2.45, 2.75) is 31.8 Å². The van der Waals surface area contributed by atoms with Gasteiger partial charge in [-0.3, -0.25) is 4.90 Å². The zero-order valence-corrected chi connectivity index (χ0v) is 17.1. The van der Waals surface area contributed by atoms with Crippen LogP contribution in [0.15, 0.2) is 60.7 Å². The van der Waals surface area contributed by atoms with Gasteiger partial charge in [-0.1, -0.05) is 48.5 Å². The largest absolute Gasteiger partial charge is 0.371 e. The molecule has 4 rings (SSSR count). The fourth-order valence-electron chi connectivity index (χ4n) is 4.42. The number of hydrogen-bond donors (Lipinski definition) is 2. The van der Waals surface area contributed by atoms with Crippen molar-refractivity contribution in [3.63, 3.8) is 0 Å². The minimum absolute atomic E-state index is 0.00956. The number of likely N-dealkylation sites (tertiary alicyclic amines) is 1. The van der Waals surface area contributed by atoms with Gasteiger partial charge in [0.25, 0.3) is 0 Å². The van der Waals surface area contributed by atoms with Gasteiger partial charge < -0.3 is 15.5 Å². The normalized spacial score (nSPS) is 20.6. The predicted molar refractivity (Wildman–Crippen MR) is 118 cm³/mol. The van der Waals surface area contributed by atoms with Gasteiger partial charge in [0.15, 0.2) is 0 Å². The highest BCUT2D eigenvalue weighted by Gasteiger charge is 2.24. The van der Waals surface area contributed by atoms with Crippen molar-refractivity contribution >= 4 is 11.7 Å². The van der Waals surface area contributed by atoms with Crippen LogP contribution in [0.1, 0.15) is 24.8 Å². The van der Waals surface area contributed by atoms with Crippen LogP contribution >= 0.6 is 0 Å². The third-order valence-electron chi connectivity index (χ3n) is 6.13. The number of piperidine rings is 1. The predicted octanol–water partition coefficient (Wildman–Crippen LogP) is 3.48. The third kappa shape index (κ3) is 5.73. The first-order valence-corrected chi connectivity index (χ1v) is 10.9. The van der Waals surface area contributed by atoms with Crippen LogP contribution in [-0.2, 0) is 6.54 Å². The highest BCUT2D eigenvalue weighted by molar-refractivity contribution is 5.74. The van der Waals surface area contributed by atoms with Gasteiger partial charge in [0, 0.05) is 51.0 Å². The van der Waals surface area contributed by atoms with E-state index in [4.69, 9.17) is 0 Å². The molecule has 0 spiro atoms. The first-order chi connectivity index (χ1) is 14.3. The van der Waals surface area contributed by atoms with Gasteiger partial charge in [-0.25, -0.2) is 4.79 Å². The van der Waals surface area contributed by atoms with Crippen LogP contribution in [-0.4, -0.2) is 49.7 Å². The van der Waals surface area contributed by atoms with E-state index in [2.05, 4.69) is 81.1 Å². The monoisotopic (exact) mass is 392 g/mol. The fourth-order valence-corrected chi connectivity index (χ4v) is 4.42. The van der Waals surface area contributed by atoms with Crippen LogP contribution < -0.4 is 15.5 Å². The average Bonchev–Trinajstić information content (AvgIpc) is 3.24. The molecule has 0 bridgehead atoms. The first kappa shape index (κ1) is 19.8. The van der Waals surface area contributed by atoms with Crippen molar-refractivity contribution in [1.82, 2.24) is 15.5 Å². The number of carbonyl (C=O) groups excluding carboxylic acids is 1. The van der Waals surface area contributed by atoms with Gasteiger partial charge >= 0.3 is 6.03 Å². The molecular weight excluding hydrogens is 360 g/mol. The van der Waals surface area contributed by atoms with E-state index in [1.54, 1.807) is 0 Å². The molecule has 2 aromatic carbocycles. The number of nitrogens with one attached hydrogen (secondary N) is 2. The van der Waals surface area contributed by atoms with Gasteiger partial charge in [-0.2, -0.15) is 0 Å². The Hall–Kier alpha value is -2.53. The smallest absolute Gasteiger partial charge is 0.315 e. The van der Waals surface area contributed by atoms with Crippen molar-refractivity contribution in [3.05, 3.63) is 66.2 Å². The lowest BCUT2D eigenvalue weighted by molar-refractivity contribution is 0.186. The number of amides is 2. The molecule has 5 nitrogen and oxygen atoms in total. The van der Waals surface area contributed by atoms with Crippen molar-refractivity contribution in [2.24, 2.45) is 5.92 Å². The lowest BCUT2D eigenvalue weighted by Gasteiger charge is -2.32. The van der Waals surface area contributed by atoms with Gasteiger partial charge in [0.05, 0.1) is 0 Å². The Balaban J connectivity index is 1.13. The highest BCUT2D eigenvalue weighted by atomic mass is 16.2. The maximum atomic E-state index is 12.3. The van der Waals surface area contributed by atoms with Crippen molar-refractivity contribution < 1.29 is 4.79 Å². The lowest BCUT2D eigenvalue weighted by Crippen LogP contribution is -2.48.